The molecule has 1 aliphatic rings. The van der Waals surface area contributed by atoms with Crippen molar-refractivity contribution in [3.05, 3.63) is 64.5 Å². The number of hydrogen-bond donors (Lipinski definition) is 2. The number of nitrogens with one attached hydrogen (secondary N) is 1. The SMILES string of the molecule is CCc1nc2ccc(N3CC(N)C3)cn2c1NCc1nc(-c2ccc(F)cc2)cs1. The molecule has 30 heavy (non-hydrogen) atoms. The first-order valence-corrected chi connectivity index (χ1v) is 10.9. The zero-order valence-corrected chi connectivity index (χ0v) is 17.5. The molecule has 8 heteroatoms. The Morgan fingerprint density at radius 1 is 1.17 bits per heavy atom. The van der Waals surface area contributed by atoms with Crippen molar-refractivity contribution in [1.82, 2.24) is 14.4 Å². The Labute approximate surface area is 178 Å². The molecule has 0 radical (unpaired) electrons. The molecule has 0 amide bonds. The third-order valence-electron chi connectivity index (χ3n) is 5.38. The molecule has 0 atom stereocenters. The Hall–Kier alpha value is -2.97. The molecule has 0 unspecified atom stereocenters. The number of hydrogen-bond acceptors (Lipinski definition) is 6. The smallest absolute Gasteiger partial charge is 0.138 e. The maximum Gasteiger partial charge on any atom is 0.138 e. The first-order chi connectivity index (χ1) is 14.6. The summed E-state index contributed by atoms with van der Waals surface area (Å²) in [4.78, 5) is 11.7. The third-order valence-corrected chi connectivity index (χ3v) is 6.23. The summed E-state index contributed by atoms with van der Waals surface area (Å²) in [5, 5.41) is 6.51. The number of benzene rings is 1. The van der Waals surface area contributed by atoms with E-state index in [0.717, 1.165) is 58.6 Å². The van der Waals surface area contributed by atoms with Gasteiger partial charge in [0.2, 0.25) is 0 Å². The van der Waals surface area contributed by atoms with E-state index >= 15 is 0 Å². The molecule has 0 saturated carbocycles. The number of pyridine rings is 1. The van der Waals surface area contributed by atoms with Gasteiger partial charge in [0.05, 0.1) is 23.6 Å². The molecule has 1 saturated heterocycles. The minimum absolute atomic E-state index is 0.241. The minimum atomic E-state index is -0.241. The van der Waals surface area contributed by atoms with Gasteiger partial charge in [-0.2, -0.15) is 0 Å². The van der Waals surface area contributed by atoms with E-state index in [1.807, 2.05) is 5.38 Å². The van der Waals surface area contributed by atoms with Gasteiger partial charge in [0.25, 0.3) is 0 Å². The number of rotatable bonds is 6. The van der Waals surface area contributed by atoms with Gasteiger partial charge in [0.1, 0.15) is 22.3 Å². The molecule has 4 heterocycles. The summed E-state index contributed by atoms with van der Waals surface area (Å²) in [6.45, 7) is 4.48. The van der Waals surface area contributed by atoms with Crippen LogP contribution in [0.3, 0.4) is 0 Å². The monoisotopic (exact) mass is 422 g/mol. The summed E-state index contributed by atoms with van der Waals surface area (Å²) in [7, 11) is 0. The van der Waals surface area contributed by atoms with Crippen LogP contribution in [-0.4, -0.2) is 33.5 Å². The number of nitrogens with zero attached hydrogens (tertiary/aromatic N) is 4. The van der Waals surface area contributed by atoms with E-state index in [1.54, 1.807) is 23.5 Å². The van der Waals surface area contributed by atoms with E-state index in [0.29, 0.717) is 6.54 Å². The minimum Gasteiger partial charge on any atom is -0.367 e. The van der Waals surface area contributed by atoms with Crippen LogP contribution in [0.25, 0.3) is 16.9 Å². The van der Waals surface area contributed by atoms with Crippen LogP contribution in [0, 0.1) is 5.82 Å². The van der Waals surface area contributed by atoms with Crippen LogP contribution in [0.2, 0.25) is 0 Å². The lowest BCUT2D eigenvalue weighted by Gasteiger charge is -2.38. The molecule has 0 bridgehead atoms. The predicted molar refractivity (Wildman–Crippen MR) is 120 cm³/mol. The summed E-state index contributed by atoms with van der Waals surface area (Å²) in [5.74, 6) is 0.757. The van der Waals surface area contributed by atoms with Gasteiger partial charge in [-0.1, -0.05) is 6.92 Å². The molecule has 1 aliphatic heterocycles. The third kappa shape index (κ3) is 3.53. The Morgan fingerprint density at radius 2 is 1.97 bits per heavy atom. The van der Waals surface area contributed by atoms with Gasteiger partial charge in [-0.25, -0.2) is 14.4 Å². The topological polar surface area (TPSA) is 71.5 Å². The lowest BCUT2D eigenvalue weighted by molar-refractivity contribution is 0.519. The zero-order chi connectivity index (χ0) is 20.7. The van der Waals surface area contributed by atoms with Gasteiger partial charge in [0, 0.05) is 36.3 Å². The van der Waals surface area contributed by atoms with Gasteiger partial charge >= 0.3 is 0 Å². The van der Waals surface area contributed by atoms with Crippen molar-refractivity contribution in [3.8, 4) is 11.3 Å². The molecule has 3 aromatic heterocycles. The van der Waals surface area contributed by atoms with Crippen LogP contribution >= 0.6 is 11.3 Å². The number of nitrogens with two attached hydrogens (primary N) is 1. The van der Waals surface area contributed by atoms with Gasteiger partial charge in [-0.3, -0.25) is 4.40 Å². The van der Waals surface area contributed by atoms with E-state index < -0.39 is 0 Å². The second-order valence-electron chi connectivity index (χ2n) is 7.53. The Bertz CT molecular complexity index is 1180. The first-order valence-electron chi connectivity index (χ1n) is 10.1. The van der Waals surface area contributed by atoms with Crippen LogP contribution in [0.15, 0.2) is 48.0 Å². The molecule has 3 N–H and O–H groups in total. The largest absolute Gasteiger partial charge is 0.367 e. The lowest BCUT2D eigenvalue weighted by atomic mass is 10.1. The van der Waals surface area contributed by atoms with Crippen LogP contribution < -0.4 is 16.0 Å². The quantitative estimate of drug-likeness (QED) is 0.493. The first kappa shape index (κ1) is 19.0. The molecule has 5 rings (SSSR count). The van der Waals surface area contributed by atoms with Crippen molar-refractivity contribution in [1.29, 1.82) is 0 Å². The molecule has 0 spiro atoms. The molecule has 154 valence electrons. The molecule has 6 nitrogen and oxygen atoms in total. The lowest BCUT2D eigenvalue weighted by Crippen LogP contribution is -2.55. The average molecular weight is 423 g/mol. The fraction of sp³-hybridized carbons (Fsp3) is 0.273. The number of imidazole rings is 1. The van der Waals surface area contributed by atoms with Gasteiger partial charge in [-0.05, 0) is 42.8 Å². The fourth-order valence-electron chi connectivity index (χ4n) is 3.73. The highest BCUT2D eigenvalue weighted by Crippen LogP contribution is 2.27. The Balaban J connectivity index is 1.38. The summed E-state index contributed by atoms with van der Waals surface area (Å²) in [6, 6.07) is 10.8. The predicted octanol–water partition coefficient (Wildman–Crippen LogP) is 3.92. The number of fused-ring (bicyclic) bond motifs is 1. The number of thiazole rings is 1. The van der Waals surface area contributed by atoms with Gasteiger partial charge in [0.15, 0.2) is 0 Å². The maximum atomic E-state index is 13.2. The molecular formula is C22H23FN6S. The van der Waals surface area contributed by atoms with Gasteiger partial charge < -0.3 is 16.0 Å². The fourth-order valence-corrected chi connectivity index (χ4v) is 4.47. The standard InChI is InChI=1S/C22H23FN6S/c1-2-18-22(29-12-17(7-8-20(29)26-18)28-10-16(24)11-28)25-9-21-27-19(13-30-21)14-3-5-15(23)6-4-14/h3-8,12-13,16,25H,2,9-11,24H2,1H3. The Morgan fingerprint density at radius 3 is 2.70 bits per heavy atom. The summed E-state index contributed by atoms with van der Waals surface area (Å²) >= 11 is 1.59. The van der Waals surface area contributed by atoms with E-state index in [1.165, 1.54) is 12.1 Å². The zero-order valence-electron chi connectivity index (χ0n) is 16.7. The molecule has 0 aliphatic carbocycles. The van der Waals surface area contributed by atoms with E-state index in [2.05, 4.69) is 39.9 Å². The number of anilines is 2. The van der Waals surface area contributed by atoms with Crippen molar-refractivity contribution in [3.63, 3.8) is 0 Å². The number of halogens is 1. The van der Waals surface area contributed by atoms with Crippen molar-refractivity contribution in [2.24, 2.45) is 5.73 Å². The maximum absolute atomic E-state index is 13.2. The average Bonchev–Trinajstić information content (AvgIpc) is 3.34. The number of aryl methyl sites for hydroxylation is 1. The summed E-state index contributed by atoms with van der Waals surface area (Å²) < 4.78 is 15.3. The van der Waals surface area contributed by atoms with Crippen LogP contribution in [0.5, 0.6) is 0 Å². The molecular weight excluding hydrogens is 399 g/mol. The van der Waals surface area contributed by atoms with Crippen LogP contribution in [0.1, 0.15) is 17.6 Å². The van der Waals surface area contributed by atoms with Crippen molar-refractivity contribution < 1.29 is 4.39 Å². The van der Waals surface area contributed by atoms with Crippen LogP contribution in [0.4, 0.5) is 15.9 Å². The van der Waals surface area contributed by atoms with E-state index in [-0.39, 0.29) is 11.9 Å². The summed E-state index contributed by atoms with van der Waals surface area (Å²) in [6.07, 6.45) is 2.97. The molecule has 1 fully saturated rings. The second-order valence-corrected chi connectivity index (χ2v) is 8.47. The highest BCUT2D eigenvalue weighted by Gasteiger charge is 2.24. The van der Waals surface area contributed by atoms with Crippen molar-refractivity contribution >= 4 is 28.5 Å². The van der Waals surface area contributed by atoms with E-state index in [4.69, 9.17) is 15.7 Å². The highest BCUT2D eigenvalue weighted by molar-refractivity contribution is 7.09. The van der Waals surface area contributed by atoms with E-state index in [9.17, 15) is 4.39 Å². The number of aromatic nitrogens is 3. The second kappa shape index (κ2) is 7.70. The van der Waals surface area contributed by atoms with Crippen molar-refractivity contribution in [2.75, 3.05) is 23.3 Å². The molecule has 1 aromatic carbocycles. The van der Waals surface area contributed by atoms with Crippen molar-refractivity contribution in [2.45, 2.75) is 25.9 Å². The van der Waals surface area contributed by atoms with Gasteiger partial charge in [-0.15, -0.1) is 11.3 Å². The normalized spacial score (nSPS) is 14.3. The Kier molecular flexibility index (Phi) is 4.88. The summed E-state index contributed by atoms with van der Waals surface area (Å²) in [5.41, 5.74) is 10.8. The highest BCUT2D eigenvalue weighted by atomic mass is 32.1. The molecule has 4 aromatic rings. The van der Waals surface area contributed by atoms with Crippen LogP contribution in [-0.2, 0) is 13.0 Å².